The van der Waals surface area contributed by atoms with E-state index in [0.29, 0.717) is 24.5 Å². The third-order valence-corrected chi connectivity index (χ3v) is 7.64. The number of nitrogens with zero attached hydrogens (tertiary/aromatic N) is 3. The lowest BCUT2D eigenvalue weighted by molar-refractivity contribution is -0.163. The van der Waals surface area contributed by atoms with Crippen molar-refractivity contribution in [1.82, 2.24) is 14.8 Å². The topological polar surface area (TPSA) is 114 Å². The highest BCUT2D eigenvalue weighted by molar-refractivity contribution is 8.06. The van der Waals surface area contributed by atoms with Crippen molar-refractivity contribution in [1.29, 1.82) is 0 Å². The Labute approximate surface area is 176 Å². The van der Waals surface area contributed by atoms with Gasteiger partial charge in [0.1, 0.15) is 5.70 Å². The Kier molecular flexibility index (Phi) is 5.56. The molecule has 156 valence electrons. The van der Waals surface area contributed by atoms with Gasteiger partial charge in [0.05, 0.1) is 40.2 Å². The summed E-state index contributed by atoms with van der Waals surface area (Å²) in [6.07, 6.45) is 0.851. The molecular weight excluding hydrogens is 414 g/mol. The molecule has 4 atom stereocenters. The van der Waals surface area contributed by atoms with Crippen LogP contribution in [0.1, 0.15) is 24.4 Å². The number of carbonyl (C=O) groups excluding carboxylic acids is 1. The molecule has 0 radical (unpaired) electrons. The van der Waals surface area contributed by atoms with E-state index in [1.807, 2.05) is 18.4 Å². The number of aliphatic hydroxyl groups excluding tert-OH is 2. The number of carboxylic acids is 1. The average Bonchev–Trinajstić information content (AvgIpc) is 3.15. The minimum atomic E-state index is -1.12. The van der Waals surface area contributed by atoms with Crippen LogP contribution in [0.2, 0.25) is 0 Å². The zero-order valence-electron chi connectivity index (χ0n) is 16.1. The molecule has 0 saturated carbocycles. The van der Waals surface area contributed by atoms with E-state index in [1.54, 1.807) is 12.4 Å². The largest absolute Gasteiger partial charge is 0.477 e. The molecule has 0 aliphatic carbocycles. The quantitative estimate of drug-likeness (QED) is 0.545. The van der Waals surface area contributed by atoms with Crippen molar-refractivity contribution in [3.8, 4) is 0 Å². The highest BCUT2D eigenvalue weighted by Crippen LogP contribution is 2.50. The van der Waals surface area contributed by atoms with Crippen LogP contribution in [0.4, 0.5) is 0 Å². The van der Waals surface area contributed by atoms with Gasteiger partial charge in [-0.25, -0.2) is 9.78 Å². The summed E-state index contributed by atoms with van der Waals surface area (Å²) in [6.45, 7) is 5.44. The molecule has 10 heteroatoms. The molecule has 0 spiro atoms. The molecule has 1 aromatic heterocycles. The molecule has 0 unspecified atom stereocenters. The van der Waals surface area contributed by atoms with Gasteiger partial charge in [0.2, 0.25) is 5.91 Å². The number of amides is 1. The number of thioether (sulfide) groups is 1. The number of rotatable bonds is 7. The van der Waals surface area contributed by atoms with Crippen molar-refractivity contribution in [3.63, 3.8) is 0 Å². The smallest absolute Gasteiger partial charge is 0.353 e. The maximum Gasteiger partial charge on any atom is 0.353 e. The maximum absolute atomic E-state index is 12.4. The summed E-state index contributed by atoms with van der Waals surface area (Å²) in [5.41, 5.74) is 2.73. The second-order valence-electron chi connectivity index (χ2n) is 7.70. The highest BCUT2D eigenvalue weighted by atomic mass is 32.2. The van der Waals surface area contributed by atoms with Crippen LogP contribution in [-0.4, -0.2) is 73.3 Å². The van der Waals surface area contributed by atoms with Crippen molar-refractivity contribution >= 4 is 41.1 Å². The van der Waals surface area contributed by atoms with E-state index in [1.165, 1.54) is 28.0 Å². The Morgan fingerprint density at radius 1 is 1.48 bits per heavy atom. The first-order chi connectivity index (χ1) is 13.8. The number of hydrogen-bond acceptors (Lipinski definition) is 8. The Hall–Kier alpha value is -1.72. The van der Waals surface area contributed by atoms with Crippen molar-refractivity contribution in [2.24, 2.45) is 11.8 Å². The van der Waals surface area contributed by atoms with Crippen LogP contribution in [0.15, 0.2) is 21.5 Å². The van der Waals surface area contributed by atoms with Gasteiger partial charge in [0, 0.05) is 30.5 Å². The fraction of sp³-hybridized carbons (Fsp3) is 0.526. The lowest BCUT2D eigenvalue weighted by Gasteiger charge is -2.46. The molecular formula is C19H23N3O5S2. The Balaban J connectivity index is 1.49. The van der Waals surface area contributed by atoms with E-state index < -0.39 is 18.0 Å². The molecule has 0 bridgehead atoms. The van der Waals surface area contributed by atoms with E-state index >= 15 is 0 Å². The van der Waals surface area contributed by atoms with Gasteiger partial charge in [-0.1, -0.05) is 18.7 Å². The molecule has 4 rings (SSSR count). The van der Waals surface area contributed by atoms with Crippen LogP contribution in [0.3, 0.4) is 0 Å². The molecule has 2 fully saturated rings. The van der Waals surface area contributed by atoms with Crippen molar-refractivity contribution in [2.45, 2.75) is 38.6 Å². The number of β-lactam (4-membered cyclic amide) rings is 1. The van der Waals surface area contributed by atoms with E-state index in [2.05, 4.69) is 9.88 Å². The van der Waals surface area contributed by atoms with Gasteiger partial charge in [-0.2, -0.15) is 0 Å². The van der Waals surface area contributed by atoms with Crippen LogP contribution in [0.25, 0.3) is 6.08 Å². The van der Waals surface area contributed by atoms with Gasteiger partial charge in [0.25, 0.3) is 0 Å². The molecule has 29 heavy (non-hydrogen) atoms. The number of fused-ring (bicyclic) bond motifs is 1. The van der Waals surface area contributed by atoms with Crippen molar-refractivity contribution in [3.05, 3.63) is 32.1 Å². The second kappa shape index (κ2) is 7.84. The third-order valence-electron chi connectivity index (χ3n) is 5.71. The van der Waals surface area contributed by atoms with Gasteiger partial charge in [-0.15, -0.1) is 11.3 Å². The fourth-order valence-corrected chi connectivity index (χ4v) is 6.05. The van der Waals surface area contributed by atoms with Gasteiger partial charge in [-0.05, 0) is 18.4 Å². The number of aliphatic carboxylic acids is 1. The van der Waals surface area contributed by atoms with Gasteiger partial charge in [0.15, 0.2) is 0 Å². The number of aromatic nitrogens is 1. The Morgan fingerprint density at radius 3 is 2.83 bits per heavy atom. The van der Waals surface area contributed by atoms with Crippen LogP contribution in [0, 0.1) is 11.8 Å². The highest BCUT2D eigenvalue weighted by Gasteiger charge is 2.59. The monoisotopic (exact) mass is 437 g/mol. The molecule has 3 N–H and O–H groups in total. The first kappa shape index (κ1) is 20.5. The number of hydrogen-bond donors (Lipinski definition) is 3. The third kappa shape index (κ3) is 3.53. The Morgan fingerprint density at radius 2 is 2.21 bits per heavy atom. The van der Waals surface area contributed by atoms with Crippen LogP contribution in [0.5, 0.6) is 0 Å². The van der Waals surface area contributed by atoms with E-state index in [4.69, 9.17) is 0 Å². The van der Waals surface area contributed by atoms with E-state index in [0.717, 1.165) is 10.6 Å². The first-order valence-corrected chi connectivity index (χ1v) is 11.2. The molecule has 1 amide bonds. The van der Waals surface area contributed by atoms with Crippen LogP contribution < -0.4 is 0 Å². The number of thiazole rings is 1. The van der Waals surface area contributed by atoms with Crippen molar-refractivity contribution in [2.75, 3.05) is 13.1 Å². The van der Waals surface area contributed by atoms with Crippen molar-refractivity contribution < 1.29 is 24.9 Å². The number of carboxylic acid groups (broad SMARTS) is 1. The number of aliphatic hydroxyl groups is 2. The first-order valence-electron chi connectivity index (χ1n) is 9.44. The molecule has 3 aliphatic heterocycles. The maximum atomic E-state index is 12.4. The van der Waals surface area contributed by atoms with Gasteiger partial charge < -0.3 is 20.2 Å². The summed E-state index contributed by atoms with van der Waals surface area (Å²) >= 11 is 2.81. The SMILES string of the molecule is C[C@@H](O)[C@H]1C(=O)N2C(C(=O)O)=C(S/C=C\c3scnc3CN3CC(O)C3)[C@H](C)[C@H]12. The zero-order chi connectivity index (χ0) is 20.9. The van der Waals surface area contributed by atoms with E-state index in [-0.39, 0.29) is 29.7 Å². The minimum Gasteiger partial charge on any atom is -0.477 e. The zero-order valence-corrected chi connectivity index (χ0v) is 17.7. The number of β-amino-alcohol motifs (C(OH)–C–C–N with tert-alkyl or cyclic N) is 1. The molecule has 2 saturated heterocycles. The summed E-state index contributed by atoms with van der Waals surface area (Å²) in [5, 5.41) is 30.8. The second-order valence-corrected chi connectivity index (χ2v) is 9.54. The standard InChI is InChI=1S/C19H23N3O5S2/c1-9-15-14(10(2)23)18(25)22(15)16(19(26)27)17(9)28-4-3-13-12(20-8-29-13)7-21-5-11(24)6-21/h3-4,8-11,14-15,23-24H,5-7H2,1-2H3,(H,26,27)/b4-3-/t9-,10-,14-,15-/m1/s1. The molecule has 8 nitrogen and oxygen atoms in total. The average molecular weight is 438 g/mol. The molecule has 0 aromatic carbocycles. The lowest BCUT2D eigenvalue weighted by atomic mass is 9.79. The van der Waals surface area contributed by atoms with E-state index in [9.17, 15) is 24.9 Å². The number of carbonyl (C=O) groups is 2. The van der Waals surface area contributed by atoms with Gasteiger partial charge >= 0.3 is 5.97 Å². The fourth-order valence-electron chi connectivity index (χ4n) is 4.26. The predicted molar refractivity (Wildman–Crippen MR) is 110 cm³/mol. The van der Waals surface area contributed by atoms with Gasteiger partial charge in [-0.3, -0.25) is 9.69 Å². The molecule has 1 aromatic rings. The molecule has 4 heterocycles. The lowest BCUT2D eigenvalue weighted by Crippen LogP contribution is -2.63. The van der Waals surface area contributed by atoms with Crippen LogP contribution >= 0.6 is 23.1 Å². The summed E-state index contributed by atoms with van der Waals surface area (Å²) in [4.78, 5) is 33.6. The summed E-state index contributed by atoms with van der Waals surface area (Å²) in [7, 11) is 0. The summed E-state index contributed by atoms with van der Waals surface area (Å²) in [5.74, 6) is -2.16. The summed E-state index contributed by atoms with van der Waals surface area (Å²) in [6, 6.07) is -0.304. The Bertz CT molecular complexity index is 890. The van der Waals surface area contributed by atoms with Crippen LogP contribution in [-0.2, 0) is 16.1 Å². The summed E-state index contributed by atoms with van der Waals surface area (Å²) < 4.78 is 0. The number of likely N-dealkylation sites (tertiary alicyclic amines) is 1. The normalized spacial score (nSPS) is 28.6. The molecule has 3 aliphatic rings. The predicted octanol–water partition coefficient (Wildman–Crippen LogP) is 1.18. The minimum absolute atomic E-state index is 0.0261.